The van der Waals surface area contributed by atoms with Crippen LogP contribution in [0.3, 0.4) is 0 Å². The zero-order valence-corrected chi connectivity index (χ0v) is 12.4. The van der Waals surface area contributed by atoms with Crippen molar-refractivity contribution in [3.8, 4) is 0 Å². The molecule has 21 heavy (non-hydrogen) atoms. The van der Waals surface area contributed by atoms with E-state index in [1.807, 2.05) is 0 Å². The number of halogens is 1. The van der Waals surface area contributed by atoms with Crippen LogP contribution in [-0.2, 0) is 4.79 Å². The number of carboxylic acids is 1. The second-order valence-corrected chi connectivity index (χ2v) is 5.81. The van der Waals surface area contributed by atoms with Crippen LogP contribution in [0, 0.1) is 11.8 Å². The maximum absolute atomic E-state index is 12.4. The van der Waals surface area contributed by atoms with Gasteiger partial charge in [0.15, 0.2) is 0 Å². The molecule has 1 aliphatic carbocycles. The standard InChI is InChI=1S/C15H19ClN2O3/c16-10-5-6-13(12(7-10)15(20)21)18-14(19)11-4-2-1-3-9(11)8-17/h5-7,9,11H,1-4,8,17H2,(H,18,19)(H,20,21). The zero-order chi connectivity index (χ0) is 15.4. The normalized spacial score (nSPS) is 21.8. The molecule has 6 heteroatoms. The van der Waals surface area contributed by atoms with Crippen LogP contribution in [0.5, 0.6) is 0 Å². The first-order valence-corrected chi connectivity index (χ1v) is 7.44. The first kappa shape index (κ1) is 15.8. The van der Waals surface area contributed by atoms with Gasteiger partial charge in [-0.1, -0.05) is 24.4 Å². The van der Waals surface area contributed by atoms with Crippen molar-refractivity contribution in [3.63, 3.8) is 0 Å². The van der Waals surface area contributed by atoms with Gasteiger partial charge in [-0.3, -0.25) is 4.79 Å². The minimum Gasteiger partial charge on any atom is -0.478 e. The van der Waals surface area contributed by atoms with E-state index in [-0.39, 0.29) is 29.0 Å². The van der Waals surface area contributed by atoms with Crippen molar-refractivity contribution in [1.29, 1.82) is 0 Å². The Bertz CT molecular complexity index is 548. The van der Waals surface area contributed by atoms with E-state index in [0.717, 1.165) is 25.7 Å². The van der Waals surface area contributed by atoms with E-state index < -0.39 is 5.97 Å². The Morgan fingerprint density at radius 3 is 2.71 bits per heavy atom. The van der Waals surface area contributed by atoms with Crippen LogP contribution in [0.1, 0.15) is 36.0 Å². The van der Waals surface area contributed by atoms with E-state index in [2.05, 4.69) is 5.32 Å². The minimum absolute atomic E-state index is 0.00374. The molecule has 1 aliphatic rings. The maximum atomic E-state index is 12.4. The predicted octanol–water partition coefficient (Wildman–Crippen LogP) is 2.74. The number of carbonyl (C=O) groups excluding carboxylic acids is 1. The number of hydrogen-bond donors (Lipinski definition) is 3. The Hall–Kier alpha value is -1.59. The molecular weight excluding hydrogens is 292 g/mol. The van der Waals surface area contributed by atoms with Gasteiger partial charge in [0.25, 0.3) is 0 Å². The number of nitrogens with two attached hydrogens (primary N) is 1. The van der Waals surface area contributed by atoms with Gasteiger partial charge in [-0.15, -0.1) is 0 Å². The number of rotatable bonds is 4. The number of benzene rings is 1. The minimum atomic E-state index is -1.12. The third kappa shape index (κ3) is 3.74. The number of anilines is 1. The van der Waals surface area contributed by atoms with E-state index in [4.69, 9.17) is 17.3 Å². The van der Waals surface area contributed by atoms with E-state index >= 15 is 0 Å². The van der Waals surface area contributed by atoms with Gasteiger partial charge in [0.05, 0.1) is 11.3 Å². The summed E-state index contributed by atoms with van der Waals surface area (Å²) in [6.07, 6.45) is 3.83. The molecular formula is C15H19ClN2O3. The number of amides is 1. The largest absolute Gasteiger partial charge is 0.478 e. The van der Waals surface area contributed by atoms with Crippen LogP contribution in [0.25, 0.3) is 0 Å². The molecule has 0 aliphatic heterocycles. The Kier molecular flexibility index (Phi) is 5.20. The van der Waals surface area contributed by atoms with Gasteiger partial charge < -0.3 is 16.2 Å². The molecule has 1 saturated carbocycles. The highest BCUT2D eigenvalue weighted by atomic mass is 35.5. The lowest BCUT2D eigenvalue weighted by Crippen LogP contribution is -2.35. The van der Waals surface area contributed by atoms with Crippen LogP contribution in [0.2, 0.25) is 5.02 Å². The molecule has 1 fully saturated rings. The first-order chi connectivity index (χ1) is 10.0. The molecule has 2 rings (SSSR count). The van der Waals surface area contributed by atoms with E-state index in [0.29, 0.717) is 11.6 Å². The summed E-state index contributed by atoms with van der Waals surface area (Å²) in [5.74, 6) is -1.26. The highest BCUT2D eigenvalue weighted by molar-refractivity contribution is 6.31. The van der Waals surface area contributed by atoms with Crippen molar-refractivity contribution in [3.05, 3.63) is 28.8 Å². The van der Waals surface area contributed by atoms with E-state index in [1.165, 1.54) is 12.1 Å². The van der Waals surface area contributed by atoms with Crippen molar-refractivity contribution in [2.75, 3.05) is 11.9 Å². The number of hydrogen-bond acceptors (Lipinski definition) is 3. The number of nitrogens with one attached hydrogen (secondary N) is 1. The van der Waals surface area contributed by atoms with Gasteiger partial charge in [0.1, 0.15) is 0 Å². The quantitative estimate of drug-likeness (QED) is 0.797. The first-order valence-electron chi connectivity index (χ1n) is 7.06. The van der Waals surface area contributed by atoms with Gasteiger partial charge >= 0.3 is 5.97 Å². The fraction of sp³-hybridized carbons (Fsp3) is 0.467. The fourth-order valence-corrected chi connectivity index (χ4v) is 3.03. The summed E-state index contributed by atoms with van der Waals surface area (Å²) in [5.41, 5.74) is 6.00. The van der Waals surface area contributed by atoms with Crippen LogP contribution in [0.15, 0.2) is 18.2 Å². The molecule has 0 aromatic heterocycles. The third-order valence-electron chi connectivity index (χ3n) is 4.02. The van der Waals surface area contributed by atoms with Crippen LogP contribution in [-0.4, -0.2) is 23.5 Å². The Balaban J connectivity index is 2.17. The summed E-state index contributed by atoms with van der Waals surface area (Å²) in [5, 5.41) is 12.2. The van der Waals surface area contributed by atoms with Gasteiger partial charge in [-0.2, -0.15) is 0 Å². The van der Waals surface area contributed by atoms with Crippen LogP contribution < -0.4 is 11.1 Å². The fourth-order valence-electron chi connectivity index (χ4n) is 2.86. The zero-order valence-electron chi connectivity index (χ0n) is 11.6. The summed E-state index contributed by atoms with van der Waals surface area (Å²) in [7, 11) is 0. The monoisotopic (exact) mass is 310 g/mol. The smallest absolute Gasteiger partial charge is 0.337 e. The summed E-state index contributed by atoms with van der Waals surface area (Å²) in [4.78, 5) is 23.6. The predicted molar refractivity (Wildman–Crippen MR) is 81.5 cm³/mol. The maximum Gasteiger partial charge on any atom is 0.337 e. The summed E-state index contributed by atoms with van der Waals surface area (Å²) < 4.78 is 0. The van der Waals surface area contributed by atoms with E-state index in [9.17, 15) is 14.7 Å². The van der Waals surface area contributed by atoms with Crippen LogP contribution >= 0.6 is 11.6 Å². The summed E-state index contributed by atoms with van der Waals surface area (Å²) in [6, 6.07) is 4.41. The number of carboxylic acid groups (broad SMARTS) is 1. The molecule has 0 saturated heterocycles. The number of aromatic carboxylic acids is 1. The van der Waals surface area contributed by atoms with Crippen molar-refractivity contribution in [2.45, 2.75) is 25.7 Å². The second-order valence-electron chi connectivity index (χ2n) is 5.37. The van der Waals surface area contributed by atoms with Gasteiger partial charge in [0, 0.05) is 10.9 Å². The summed E-state index contributed by atoms with van der Waals surface area (Å²) in [6.45, 7) is 0.477. The van der Waals surface area contributed by atoms with Gasteiger partial charge in [-0.05, 0) is 43.5 Å². The topological polar surface area (TPSA) is 92.4 Å². The highest BCUT2D eigenvalue weighted by Crippen LogP contribution is 2.31. The Labute approximate surface area is 128 Å². The lowest BCUT2D eigenvalue weighted by atomic mass is 9.78. The van der Waals surface area contributed by atoms with Gasteiger partial charge in [-0.25, -0.2) is 4.79 Å². The van der Waals surface area contributed by atoms with Crippen LogP contribution in [0.4, 0.5) is 5.69 Å². The molecule has 1 amide bonds. The molecule has 2 atom stereocenters. The molecule has 1 aromatic rings. The molecule has 0 heterocycles. The Morgan fingerprint density at radius 2 is 2.05 bits per heavy atom. The highest BCUT2D eigenvalue weighted by Gasteiger charge is 2.30. The average molecular weight is 311 g/mol. The lowest BCUT2D eigenvalue weighted by molar-refractivity contribution is -0.122. The molecule has 0 spiro atoms. The van der Waals surface area contributed by atoms with Crippen molar-refractivity contribution < 1.29 is 14.7 Å². The molecule has 114 valence electrons. The molecule has 1 aromatic carbocycles. The van der Waals surface area contributed by atoms with E-state index in [1.54, 1.807) is 6.07 Å². The van der Waals surface area contributed by atoms with Crippen molar-refractivity contribution in [1.82, 2.24) is 0 Å². The lowest BCUT2D eigenvalue weighted by Gasteiger charge is -2.29. The molecule has 0 bridgehead atoms. The van der Waals surface area contributed by atoms with Crippen molar-refractivity contribution in [2.24, 2.45) is 17.6 Å². The van der Waals surface area contributed by atoms with Crippen molar-refractivity contribution >= 4 is 29.2 Å². The third-order valence-corrected chi connectivity index (χ3v) is 4.25. The Morgan fingerprint density at radius 1 is 1.33 bits per heavy atom. The number of carbonyl (C=O) groups is 2. The molecule has 0 radical (unpaired) electrons. The molecule has 4 N–H and O–H groups in total. The van der Waals surface area contributed by atoms with Gasteiger partial charge in [0.2, 0.25) is 5.91 Å². The molecule has 5 nitrogen and oxygen atoms in total. The summed E-state index contributed by atoms with van der Waals surface area (Å²) >= 11 is 5.80. The molecule has 2 unspecified atom stereocenters. The average Bonchev–Trinajstić information content (AvgIpc) is 2.48. The SMILES string of the molecule is NCC1CCCCC1C(=O)Nc1ccc(Cl)cc1C(=O)O. The second kappa shape index (κ2) is 6.91.